The molecule has 6 heteroatoms. The maximum atomic E-state index is 12.6. The second-order valence-corrected chi connectivity index (χ2v) is 6.31. The molecule has 132 valence electrons. The van der Waals surface area contributed by atoms with Crippen molar-refractivity contribution in [2.24, 2.45) is 0 Å². The number of amides is 1. The van der Waals surface area contributed by atoms with Crippen molar-refractivity contribution in [3.63, 3.8) is 0 Å². The molecule has 0 saturated carbocycles. The van der Waals surface area contributed by atoms with Gasteiger partial charge in [-0.1, -0.05) is 18.2 Å². The number of likely N-dealkylation sites (tertiary alicyclic amines) is 1. The van der Waals surface area contributed by atoms with Crippen LogP contribution in [-0.2, 0) is 11.2 Å². The van der Waals surface area contributed by atoms with Gasteiger partial charge in [-0.05, 0) is 31.9 Å². The number of para-hydroxylation sites is 1. The van der Waals surface area contributed by atoms with E-state index in [1.807, 2.05) is 42.2 Å². The quantitative estimate of drug-likeness (QED) is 0.905. The number of methoxy groups -OCH3 is 1. The van der Waals surface area contributed by atoms with Gasteiger partial charge in [0.2, 0.25) is 11.9 Å². The topological polar surface area (TPSA) is 67.3 Å². The second-order valence-electron chi connectivity index (χ2n) is 6.31. The summed E-state index contributed by atoms with van der Waals surface area (Å²) in [5, 5.41) is 3.37. The Hall–Kier alpha value is -2.63. The minimum Gasteiger partial charge on any atom is -0.496 e. The lowest BCUT2D eigenvalue weighted by atomic mass is 10.0. The Kier molecular flexibility index (Phi) is 5.48. The van der Waals surface area contributed by atoms with E-state index in [-0.39, 0.29) is 5.91 Å². The molecule has 1 saturated heterocycles. The van der Waals surface area contributed by atoms with E-state index in [2.05, 4.69) is 15.3 Å². The fourth-order valence-electron chi connectivity index (χ4n) is 3.10. The predicted molar refractivity (Wildman–Crippen MR) is 96.7 cm³/mol. The molecule has 25 heavy (non-hydrogen) atoms. The van der Waals surface area contributed by atoms with Gasteiger partial charge in [0.15, 0.2) is 0 Å². The van der Waals surface area contributed by atoms with E-state index >= 15 is 0 Å². The first kappa shape index (κ1) is 17.2. The van der Waals surface area contributed by atoms with Crippen LogP contribution < -0.4 is 10.1 Å². The third kappa shape index (κ3) is 4.47. The van der Waals surface area contributed by atoms with Gasteiger partial charge in [-0.3, -0.25) is 4.79 Å². The van der Waals surface area contributed by atoms with Gasteiger partial charge in [0.25, 0.3) is 0 Å². The maximum Gasteiger partial charge on any atom is 0.227 e. The highest BCUT2D eigenvalue weighted by Gasteiger charge is 2.23. The Bertz CT molecular complexity index is 727. The molecule has 0 aliphatic carbocycles. The van der Waals surface area contributed by atoms with E-state index in [0.29, 0.717) is 18.4 Å². The Labute approximate surface area is 148 Å². The van der Waals surface area contributed by atoms with Crippen LogP contribution in [0.15, 0.2) is 36.5 Å². The smallest absolute Gasteiger partial charge is 0.227 e. The minimum atomic E-state index is 0.148. The number of anilines is 1. The SMILES string of the molecule is COc1ccccc1CC(=O)N1CCC(Nc2nccc(C)n2)CC1. The van der Waals surface area contributed by atoms with Gasteiger partial charge >= 0.3 is 0 Å². The van der Waals surface area contributed by atoms with Crippen LogP contribution in [-0.4, -0.2) is 47.0 Å². The highest BCUT2D eigenvalue weighted by Crippen LogP contribution is 2.20. The average Bonchev–Trinajstić information content (AvgIpc) is 2.63. The van der Waals surface area contributed by atoms with Crippen LogP contribution in [0.1, 0.15) is 24.1 Å². The molecule has 2 aromatic rings. The molecule has 1 fully saturated rings. The molecule has 6 nitrogen and oxygen atoms in total. The summed E-state index contributed by atoms with van der Waals surface area (Å²) in [4.78, 5) is 23.1. The van der Waals surface area contributed by atoms with Gasteiger partial charge in [-0.15, -0.1) is 0 Å². The lowest BCUT2D eigenvalue weighted by molar-refractivity contribution is -0.131. The van der Waals surface area contributed by atoms with Crippen molar-refractivity contribution in [2.45, 2.75) is 32.2 Å². The van der Waals surface area contributed by atoms with Gasteiger partial charge in [0.05, 0.1) is 13.5 Å². The number of rotatable bonds is 5. The Morgan fingerprint density at radius 3 is 2.76 bits per heavy atom. The van der Waals surface area contributed by atoms with Crippen molar-refractivity contribution < 1.29 is 9.53 Å². The molecular formula is C19H24N4O2. The first-order valence-corrected chi connectivity index (χ1v) is 8.61. The summed E-state index contributed by atoms with van der Waals surface area (Å²) in [6.07, 6.45) is 3.93. The van der Waals surface area contributed by atoms with Crippen LogP contribution in [0.2, 0.25) is 0 Å². The van der Waals surface area contributed by atoms with Crippen LogP contribution in [0.25, 0.3) is 0 Å². The molecule has 1 aromatic carbocycles. The first-order chi connectivity index (χ1) is 12.2. The zero-order chi connectivity index (χ0) is 17.6. The molecule has 0 unspecified atom stereocenters. The molecule has 1 aliphatic heterocycles. The summed E-state index contributed by atoms with van der Waals surface area (Å²) in [5.74, 6) is 1.58. The molecule has 0 bridgehead atoms. The highest BCUT2D eigenvalue weighted by molar-refractivity contribution is 5.79. The number of carbonyl (C=O) groups is 1. The zero-order valence-corrected chi connectivity index (χ0v) is 14.7. The van der Waals surface area contributed by atoms with E-state index in [9.17, 15) is 4.79 Å². The number of piperidine rings is 1. The summed E-state index contributed by atoms with van der Waals surface area (Å²) in [7, 11) is 1.63. The molecule has 1 amide bonds. The van der Waals surface area contributed by atoms with Gasteiger partial charge < -0.3 is 15.0 Å². The lowest BCUT2D eigenvalue weighted by Gasteiger charge is -2.32. The van der Waals surface area contributed by atoms with E-state index in [0.717, 1.165) is 42.9 Å². The standard InChI is InChI=1S/C19H24N4O2/c1-14-7-10-20-19(21-14)22-16-8-11-23(12-9-16)18(24)13-15-5-3-4-6-17(15)25-2/h3-7,10,16H,8-9,11-13H2,1-2H3,(H,20,21,22). The fourth-order valence-corrected chi connectivity index (χ4v) is 3.10. The predicted octanol–water partition coefficient (Wildman–Crippen LogP) is 2.44. The molecule has 0 atom stereocenters. The third-order valence-electron chi connectivity index (χ3n) is 4.51. The van der Waals surface area contributed by atoms with Crippen molar-refractivity contribution in [3.8, 4) is 5.75 Å². The van der Waals surface area contributed by atoms with Gasteiger partial charge in [0.1, 0.15) is 5.75 Å². The molecule has 1 aliphatic rings. The van der Waals surface area contributed by atoms with Crippen LogP contribution in [0.3, 0.4) is 0 Å². The normalized spacial score (nSPS) is 15.0. The number of hydrogen-bond donors (Lipinski definition) is 1. The van der Waals surface area contributed by atoms with Crippen LogP contribution in [0.4, 0.5) is 5.95 Å². The van der Waals surface area contributed by atoms with Crippen molar-refractivity contribution in [1.82, 2.24) is 14.9 Å². The number of nitrogens with zero attached hydrogens (tertiary/aromatic N) is 3. The highest BCUT2D eigenvalue weighted by atomic mass is 16.5. The Morgan fingerprint density at radius 2 is 2.04 bits per heavy atom. The van der Waals surface area contributed by atoms with Gasteiger partial charge in [0, 0.05) is 36.6 Å². The van der Waals surface area contributed by atoms with Gasteiger partial charge in [-0.25, -0.2) is 9.97 Å². The van der Waals surface area contributed by atoms with E-state index in [4.69, 9.17) is 4.74 Å². The molecular weight excluding hydrogens is 316 g/mol. The summed E-state index contributed by atoms with van der Waals surface area (Å²) >= 11 is 0. The molecule has 0 spiro atoms. The number of aromatic nitrogens is 2. The van der Waals surface area contributed by atoms with E-state index < -0.39 is 0 Å². The molecule has 2 heterocycles. The summed E-state index contributed by atoms with van der Waals surface area (Å²) in [5.41, 5.74) is 1.88. The van der Waals surface area contributed by atoms with Gasteiger partial charge in [-0.2, -0.15) is 0 Å². The Morgan fingerprint density at radius 1 is 1.28 bits per heavy atom. The van der Waals surface area contributed by atoms with Crippen molar-refractivity contribution in [2.75, 3.05) is 25.5 Å². The van der Waals surface area contributed by atoms with Crippen LogP contribution in [0, 0.1) is 6.92 Å². The Balaban J connectivity index is 1.52. The van der Waals surface area contributed by atoms with E-state index in [1.165, 1.54) is 0 Å². The fraction of sp³-hybridized carbons (Fsp3) is 0.421. The number of hydrogen-bond acceptors (Lipinski definition) is 5. The maximum absolute atomic E-state index is 12.6. The number of aryl methyl sites for hydroxylation is 1. The number of ether oxygens (including phenoxy) is 1. The zero-order valence-electron chi connectivity index (χ0n) is 14.7. The average molecular weight is 340 g/mol. The third-order valence-corrected chi connectivity index (χ3v) is 4.51. The summed E-state index contributed by atoms with van der Waals surface area (Å²) in [6, 6.07) is 9.86. The van der Waals surface area contributed by atoms with Crippen LogP contribution in [0.5, 0.6) is 5.75 Å². The number of nitrogens with one attached hydrogen (secondary N) is 1. The largest absolute Gasteiger partial charge is 0.496 e. The van der Waals surface area contributed by atoms with E-state index in [1.54, 1.807) is 13.3 Å². The van der Waals surface area contributed by atoms with Crippen molar-refractivity contribution in [3.05, 3.63) is 47.8 Å². The monoisotopic (exact) mass is 340 g/mol. The molecule has 1 N–H and O–H groups in total. The second kappa shape index (κ2) is 7.96. The summed E-state index contributed by atoms with van der Waals surface area (Å²) in [6.45, 7) is 3.45. The van der Waals surface area contributed by atoms with Crippen molar-refractivity contribution >= 4 is 11.9 Å². The minimum absolute atomic E-state index is 0.148. The first-order valence-electron chi connectivity index (χ1n) is 8.61. The van der Waals surface area contributed by atoms with Crippen molar-refractivity contribution in [1.29, 1.82) is 0 Å². The molecule has 3 rings (SSSR count). The summed E-state index contributed by atoms with van der Waals surface area (Å²) < 4.78 is 5.33. The molecule has 0 radical (unpaired) electrons. The number of carbonyl (C=O) groups excluding carboxylic acids is 1. The molecule has 1 aromatic heterocycles. The van der Waals surface area contributed by atoms with Crippen LogP contribution >= 0.6 is 0 Å². The number of benzene rings is 1. The lowest BCUT2D eigenvalue weighted by Crippen LogP contribution is -2.43.